The summed E-state index contributed by atoms with van der Waals surface area (Å²) in [4.78, 5) is 78.9. The Hall–Kier alpha value is -4.22. The highest BCUT2D eigenvalue weighted by atomic mass is 35.5. The lowest BCUT2D eigenvalue weighted by Gasteiger charge is -2.34. The number of hydrogen-bond acceptors (Lipinski definition) is 24. The first-order chi connectivity index (χ1) is 28.9. The number of nitrogens with zero attached hydrogens (tertiary/aromatic N) is 6. The van der Waals surface area contributed by atoms with Gasteiger partial charge < -0.3 is 69.8 Å². The lowest BCUT2D eigenvalue weighted by Crippen LogP contribution is -2.53. The van der Waals surface area contributed by atoms with Crippen molar-refractivity contribution >= 4 is 69.3 Å². The standard InChI is InChI=1S/C29H36ClN10O19P3/c1-29(46)20(43)15(57-26(29)40-11-38(17-22(40)35-28(32)37-24(17)45)6-7-53-13-4-2-12(30)3-5-13)9-55-61(49,50)59-62(51,52)58-60(47,48)54-8-14-18(41)19(42)25(56-14)39-10-33-16-21(39)34-27(31)36-23(16)44/h2-5,10-11,14-15,18-20,25-26,41-43,46H,6-9H2,1H3,(H8-,31,32,34,35,36,37,44,45,47,48,49,50,51,52)/p-2/t14-,15?,18-,19-,20-,25-,26-,29-/m1/s1. The number of aromatic amines is 2. The number of phosphoric acid groups is 3. The number of aliphatic hydroxyl groups is 4. The summed E-state index contributed by atoms with van der Waals surface area (Å²) in [6.45, 7) is -1.35. The molecule has 33 heteroatoms. The molecule has 1 aromatic carbocycles. The average Bonchev–Trinajstić information content (AvgIpc) is 3.88. The maximum absolute atomic E-state index is 13.0. The number of phosphoric ester groups is 2. The number of benzene rings is 1. The Balaban J connectivity index is 0.969. The minimum atomic E-state index is -6.44. The van der Waals surface area contributed by atoms with Crippen LogP contribution in [0.1, 0.15) is 19.4 Å². The molecule has 6 heterocycles. The van der Waals surface area contributed by atoms with Crippen molar-refractivity contribution in [2.24, 2.45) is 0 Å². The summed E-state index contributed by atoms with van der Waals surface area (Å²) < 4.78 is 74.5. The lowest BCUT2D eigenvalue weighted by atomic mass is 9.96. The molecule has 29 nitrogen and oxygen atoms in total. The Morgan fingerprint density at radius 2 is 1.53 bits per heavy atom. The van der Waals surface area contributed by atoms with E-state index in [2.05, 4.69) is 42.6 Å². The van der Waals surface area contributed by atoms with E-state index in [1.807, 2.05) is 0 Å². The van der Waals surface area contributed by atoms with Crippen molar-refractivity contribution < 1.29 is 85.2 Å². The molecule has 62 heavy (non-hydrogen) atoms. The minimum Gasteiger partial charge on any atom is -0.756 e. The van der Waals surface area contributed by atoms with E-state index in [0.29, 0.717) is 10.8 Å². The van der Waals surface area contributed by atoms with Gasteiger partial charge in [-0.3, -0.25) is 42.4 Å². The van der Waals surface area contributed by atoms with Gasteiger partial charge in [0.25, 0.3) is 40.5 Å². The van der Waals surface area contributed by atoms with Gasteiger partial charge in [-0.15, -0.1) is 0 Å². The number of anilines is 2. The predicted octanol–water partition coefficient (Wildman–Crippen LogP) is -3.86. The van der Waals surface area contributed by atoms with Crippen molar-refractivity contribution in [1.29, 1.82) is 0 Å². The summed E-state index contributed by atoms with van der Waals surface area (Å²) >= 11 is 5.91. The van der Waals surface area contributed by atoms with E-state index >= 15 is 0 Å². The molecular weight excluding hydrogens is 921 g/mol. The smallest absolute Gasteiger partial charge is 0.313 e. The van der Waals surface area contributed by atoms with Gasteiger partial charge in [0.15, 0.2) is 23.7 Å². The lowest BCUT2D eigenvalue weighted by molar-refractivity contribution is -0.752. The van der Waals surface area contributed by atoms with Gasteiger partial charge in [0.05, 0.1) is 19.5 Å². The molecule has 7 rings (SSSR count). The normalized spacial score (nSPS) is 28.2. The van der Waals surface area contributed by atoms with E-state index in [-0.39, 0.29) is 47.4 Å². The number of aliphatic hydroxyl groups excluding tert-OH is 3. The second-order valence-corrected chi connectivity index (χ2v) is 18.7. The Kier molecular flexibility index (Phi) is 12.6. The molecule has 4 aromatic heterocycles. The fourth-order valence-electron chi connectivity index (χ4n) is 6.55. The van der Waals surface area contributed by atoms with Crippen LogP contribution in [0.2, 0.25) is 5.02 Å². The Morgan fingerprint density at radius 1 is 0.919 bits per heavy atom. The SMILES string of the molecule is C[C@@]1(O)[C@H](O)C(COP(=O)([O-])OP(=O)([O-])OP(=O)([O-])OC[C@H]2O[C@@H](n3cnc4c(=O)[nH]c(N)nc43)[C@H](O)[C@@H]2O)O[C@H]1[n+]1cn(CCOc2ccc(Cl)cc2)c2c(=O)[nH]c(N)nc21. The summed E-state index contributed by atoms with van der Waals surface area (Å²) in [6, 6.07) is 6.43. The molecule has 338 valence electrons. The van der Waals surface area contributed by atoms with Crippen molar-refractivity contribution in [1.82, 2.24) is 34.1 Å². The number of H-pyrrole nitrogens is 2. The fourth-order valence-corrected chi connectivity index (χ4v) is 10.1. The quantitative estimate of drug-likeness (QED) is 0.0347. The molecule has 5 aromatic rings. The number of nitrogens with one attached hydrogen (secondary N) is 2. The summed E-state index contributed by atoms with van der Waals surface area (Å²) in [7, 11) is -18.6. The first kappa shape index (κ1) is 45.8. The van der Waals surface area contributed by atoms with Gasteiger partial charge in [0.2, 0.25) is 17.7 Å². The Bertz CT molecular complexity index is 2750. The second-order valence-electron chi connectivity index (χ2n) is 13.8. The third-order valence-electron chi connectivity index (χ3n) is 9.37. The summed E-state index contributed by atoms with van der Waals surface area (Å²) in [5, 5.41) is 43.8. The molecule has 4 unspecified atom stereocenters. The van der Waals surface area contributed by atoms with Crippen molar-refractivity contribution in [2.45, 2.75) is 62.0 Å². The summed E-state index contributed by atoms with van der Waals surface area (Å²) in [6.07, 6.45) is -10.1. The average molecular weight is 955 g/mol. The van der Waals surface area contributed by atoms with Gasteiger partial charge in [-0.25, -0.2) is 18.2 Å². The fraction of sp³-hybridized carbons (Fsp3) is 0.448. The van der Waals surface area contributed by atoms with E-state index in [1.165, 1.54) is 10.9 Å². The van der Waals surface area contributed by atoms with Crippen LogP contribution in [0.4, 0.5) is 11.9 Å². The molecule has 2 aliphatic heterocycles. The maximum Gasteiger partial charge on any atom is 0.313 e. The molecule has 2 saturated heterocycles. The van der Waals surface area contributed by atoms with Gasteiger partial charge in [-0.05, 0) is 31.2 Å². The third-order valence-corrected chi connectivity index (χ3v) is 13.8. The molecule has 11 atom stereocenters. The highest BCUT2D eigenvalue weighted by molar-refractivity contribution is 7.65. The number of fused-ring (bicyclic) bond motifs is 2. The zero-order valence-electron chi connectivity index (χ0n) is 31.3. The van der Waals surface area contributed by atoms with Crippen LogP contribution < -0.4 is 46.6 Å². The van der Waals surface area contributed by atoms with E-state index < -0.39 is 96.4 Å². The third kappa shape index (κ3) is 9.49. The van der Waals surface area contributed by atoms with Crippen LogP contribution in [0, 0.1) is 0 Å². The molecule has 0 radical (unpaired) electrons. The highest BCUT2D eigenvalue weighted by Gasteiger charge is 2.56. The van der Waals surface area contributed by atoms with Crippen molar-refractivity contribution in [3.8, 4) is 5.75 Å². The molecule has 0 amide bonds. The van der Waals surface area contributed by atoms with Crippen LogP contribution >= 0.6 is 35.1 Å². The zero-order valence-corrected chi connectivity index (χ0v) is 34.7. The van der Waals surface area contributed by atoms with Crippen LogP contribution in [0.25, 0.3) is 22.3 Å². The van der Waals surface area contributed by atoms with Crippen LogP contribution in [-0.2, 0) is 47.4 Å². The molecule has 2 aliphatic rings. The Morgan fingerprint density at radius 3 is 2.19 bits per heavy atom. The molecule has 0 bridgehead atoms. The van der Waals surface area contributed by atoms with Gasteiger partial charge in [-0.2, -0.15) is 4.98 Å². The number of nitrogens with two attached hydrogens (primary N) is 2. The maximum atomic E-state index is 13.0. The number of halogens is 1. The van der Waals surface area contributed by atoms with Crippen molar-refractivity contribution in [3.05, 3.63) is 62.7 Å². The van der Waals surface area contributed by atoms with Gasteiger partial charge >= 0.3 is 5.65 Å². The zero-order chi connectivity index (χ0) is 45.1. The Labute approximate surface area is 349 Å². The largest absolute Gasteiger partial charge is 0.756 e. The number of aromatic nitrogens is 8. The number of ether oxygens (including phenoxy) is 3. The van der Waals surface area contributed by atoms with E-state index in [0.717, 1.165) is 22.4 Å². The van der Waals surface area contributed by atoms with Crippen LogP contribution in [0.15, 0.2) is 46.5 Å². The van der Waals surface area contributed by atoms with Crippen molar-refractivity contribution in [3.63, 3.8) is 0 Å². The van der Waals surface area contributed by atoms with Crippen molar-refractivity contribution in [2.75, 3.05) is 31.3 Å². The molecule has 0 spiro atoms. The molecule has 10 N–H and O–H groups in total. The molecule has 2 fully saturated rings. The molecule has 0 aliphatic carbocycles. The van der Waals surface area contributed by atoms with Crippen LogP contribution in [-0.4, -0.2) is 110 Å². The van der Waals surface area contributed by atoms with Gasteiger partial charge in [0, 0.05) is 5.02 Å². The monoisotopic (exact) mass is 954 g/mol. The van der Waals surface area contributed by atoms with E-state index in [9.17, 15) is 58.4 Å². The number of nitrogen functional groups attached to an aromatic ring is 2. The van der Waals surface area contributed by atoms with Gasteiger partial charge in [-0.1, -0.05) is 16.6 Å². The first-order valence-electron chi connectivity index (χ1n) is 17.6. The summed E-state index contributed by atoms with van der Waals surface area (Å²) in [5.74, 6) is -0.221. The first-order valence-corrected chi connectivity index (χ1v) is 22.3. The summed E-state index contributed by atoms with van der Waals surface area (Å²) in [5.41, 5.74) is 6.93. The molecular formula is C29H34ClN10O19P3-2. The van der Waals surface area contributed by atoms with Crippen LogP contribution in [0.3, 0.4) is 0 Å². The van der Waals surface area contributed by atoms with E-state index in [1.54, 1.807) is 24.3 Å². The second kappa shape index (κ2) is 17.1. The number of imidazole rings is 2. The molecule has 0 saturated carbocycles. The minimum absolute atomic E-state index is 0.00315. The topological polar surface area (TPSA) is 436 Å². The highest BCUT2D eigenvalue weighted by Crippen LogP contribution is 2.63. The number of rotatable bonds is 16. The van der Waals surface area contributed by atoms with Gasteiger partial charge in [0.1, 0.15) is 55.0 Å². The number of hydrogen-bond donors (Lipinski definition) is 8. The predicted molar refractivity (Wildman–Crippen MR) is 198 cm³/mol. The van der Waals surface area contributed by atoms with Crippen LogP contribution in [0.5, 0.6) is 5.75 Å². The van der Waals surface area contributed by atoms with E-state index in [4.69, 9.17) is 37.3 Å².